The minimum Gasteiger partial charge on any atom is -0.480 e. The molecule has 17 heavy (non-hydrogen) atoms. The first kappa shape index (κ1) is 13.4. The van der Waals surface area contributed by atoms with Crippen molar-refractivity contribution >= 4 is 5.97 Å². The number of hydrogen-bond acceptors (Lipinski definition) is 4. The first-order valence-electron chi connectivity index (χ1n) is 4.57. The van der Waals surface area contributed by atoms with Crippen molar-refractivity contribution in [2.75, 3.05) is 0 Å². The Labute approximate surface area is 94.4 Å². The molecule has 9 heteroatoms. The maximum absolute atomic E-state index is 12.6. The summed E-state index contributed by atoms with van der Waals surface area (Å²) in [6.07, 6.45) is -3.51. The van der Waals surface area contributed by atoms with E-state index in [1.165, 1.54) is 10.9 Å². The molecule has 0 aliphatic carbocycles. The summed E-state index contributed by atoms with van der Waals surface area (Å²) in [5.41, 5.74) is -2.78. The van der Waals surface area contributed by atoms with Gasteiger partial charge in [-0.15, -0.1) is 5.10 Å². The quantitative estimate of drug-likeness (QED) is 0.806. The largest absolute Gasteiger partial charge is 0.480 e. The third-order valence-corrected chi connectivity index (χ3v) is 2.27. The minimum atomic E-state index is -4.90. The molecule has 96 valence electrons. The van der Waals surface area contributed by atoms with Crippen LogP contribution in [0.2, 0.25) is 0 Å². The van der Waals surface area contributed by atoms with Crippen LogP contribution >= 0.6 is 0 Å². The molecular weight excluding hydrogens is 241 g/mol. The Balaban J connectivity index is 2.79. The third-order valence-electron chi connectivity index (χ3n) is 2.27. The van der Waals surface area contributed by atoms with Gasteiger partial charge in [0.05, 0.1) is 5.69 Å². The van der Waals surface area contributed by atoms with Gasteiger partial charge < -0.3 is 5.11 Å². The number of carbonyl (C=O) groups is 1. The zero-order chi connectivity index (χ0) is 13.3. The van der Waals surface area contributed by atoms with Crippen LogP contribution < -0.4 is 5.32 Å². The summed E-state index contributed by atoms with van der Waals surface area (Å²) in [6, 6.07) is 0. The molecule has 0 aromatic carbocycles. The van der Waals surface area contributed by atoms with Crippen molar-refractivity contribution in [1.29, 1.82) is 0 Å². The van der Waals surface area contributed by atoms with Crippen molar-refractivity contribution in [3.8, 4) is 0 Å². The van der Waals surface area contributed by atoms with Crippen LogP contribution in [0.1, 0.15) is 12.6 Å². The normalized spacial score (nSPS) is 15.6. The average molecular weight is 252 g/mol. The van der Waals surface area contributed by atoms with Crippen molar-refractivity contribution in [1.82, 2.24) is 20.3 Å². The lowest BCUT2D eigenvalue weighted by atomic mass is 10.0. The number of hydrogen-bond donors (Lipinski definition) is 2. The summed E-state index contributed by atoms with van der Waals surface area (Å²) in [6.45, 7) is 0.224. The fourth-order valence-electron chi connectivity index (χ4n) is 1.04. The number of aryl methyl sites for hydroxylation is 1. The van der Waals surface area contributed by atoms with Crippen LogP contribution in [-0.2, 0) is 18.4 Å². The van der Waals surface area contributed by atoms with Gasteiger partial charge >= 0.3 is 12.1 Å². The Morgan fingerprint density at radius 2 is 2.18 bits per heavy atom. The topological polar surface area (TPSA) is 80.0 Å². The van der Waals surface area contributed by atoms with E-state index in [2.05, 4.69) is 10.3 Å². The summed E-state index contributed by atoms with van der Waals surface area (Å²) in [5.74, 6) is -1.99. The van der Waals surface area contributed by atoms with E-state index in [-0.39, 0.29) is 12.2 Å². The Morgan fingerprint density at radius 1 is 1.59 bits per heavy atom. The molecule has 0 bridgehead atoms. The van der Waals surface area contributed by atoms with E-state index in [1.807, 2.05) is 5.32 Å². The average Bonchev–Trinajstić information content (AvgIpc) is 2.58. The summed E-state index contributed by atoms with van der Waals surface area (Å²) in [7, 11) is 1.55. The second-order valence-corrected chi connectivity index (χ2v) is 3.67. The van der Waals surface area contributed by atoms with Gasteiger partial charge in [0, 0.05) is 19.8 Å². The second-order valence-electron chi connectivity index (χ2n) is 3.67. The molecule has 0 aliphatic heterocycles. The van der Waals surface area contributed by atoms with Crippen molar-refractivity contribution in [2.24, 2.45) is 7.05 Å². The van der Waals surface area contributed by atoms with E-state index in [9.17, 15) is 18.0 Å². The number of halogens is 3. The maximum atomic E-state index is 12.6. The summed E-state index contributed by atoms with van der Waals surface area (Å²) >= 11 is 0. The zero-order valence-corrected chi connectivity index (χ0v) is 9.12. The molecule has 0 saturated heterocycles. The highest BCUT2D eigenvalue weighted by Gasteiger charge is 2.57. The molecule has 1 aromatic rings. The number of aromatic nitrogens is 3. The van der Waals surface area contributed by atoms with Gasteiger partial charge in [0.2, 0.25) is 5.54 Å². The number of rotatable bonds is 4. The van der Waals surface area contributed by atoms with Crippen LogP contribution in [0.3, 0.4) is 0 Å². The summed E-state index contributed by atoms with van der Waals surface area (Å²) < 4.78 is 39.0. The van der Waals surface area contributed by atoms with Crippen LogP contribution in [0.5, 0.6) is 0 Å². The predicted octanol–water partition coefficient (Wildman–Crippen LogP) is 0.310. The van der Waals surface area contributed by atoms with Gasteiger partial charge in [-0.1, -0.05) is 5.21 Å². The van der Waals surface area contributed by atoms with Crippen LogP contribution in [-0.4, -0.2) is 37.8 Å². The highest BCUT2D eigenvalue weighted by atomic mass is 19.4. The number of carboxylic acids is 1. The molecule has 0 fully saturated rings. The Morgan fingerprint density at radius 3 is 2.53 bits per heavy atom. The predicted molar refractivity (Wildman–Crippen MR) is 49.9 cm³/mol. The SMILES string of the molecule is Cn1cc(CNC(C)(C(=O)O)C(F)(F)F)nn1. The second kappa shape index (κ2) is 4.32. The number of aliphatic carboxylic acids is 1. The lowest BCUT2D eigenvalue weighted by Gasteiger charge is -2.28. The molecular formula is C8H11F3N4O2. The number of nitrogens with one attached hydrogen (secondary N) is 1. The number of carboxylic acid groups (broad SMARTS) is 1. The lowest BCUT2D eigenvalue weighted by molar-refractivity contribution is -0.206. The van der Waals surface area contributed by atoms with Gasteiger partial charge in [-0.05, 0) is 6.92 Å². The van der Waals surface area contributed by atoms with Crippen LogP contribution in [0.15, 0.2) is 6.20 Å². The van der Waals surface area contributed by atoms with Crippen LogP contribution in [0, 0.1) is 0 Å². The number of alkyl halides is 3. The molecule has 0 spiro atoms. The van der Waals surface area contributed by atoms with Crippen molar-refractivity contribution in [3.63, 3.8) is 0 Å². The first-order valence-corrected chi connectivity index (χ1v) is 4.57. The molecule has 1 unspecified atom stereocenters. The van der Waals surface area contributed by atoms with E-state index >= 15 is 0 Å². The molecule has 0 radical (unpaired) electrons. The van der Waals surface area contributed by atoms with E-state index < -0.39 is 17.7 Å². The molecule has 2 N–H and O–H groups in total. The lowest BCUT2D eigenvalue weighted by Crippen LogP contribution is -2.59. The van der Waals surface area contributed by atoms with Gasteiger partial charge in [-0.3, -0.25) is 10.00 Å². The van der Waals surface area contributed by atoms with Gasteiger partial charge in [0.15, 0.2) is 0 Å². The molecule has 1 heterocycles. The highest BCUT2D eigenvalue weighted by Crippen LogP contribution is 2.30. The molecule has 6 nitrogen and oxygen atoms in total. The van der Waals surface area contributed by atoms with E-state index in [0.29, 0.717) is 6.92 Å². The monoisotopic (exact) mass is 252 g/mol. The summed E-state index contributed by atoms with van der Waals surface area (Å²) in [5, 5.41) is 17.6. The zero-order valence-electron chi connectivity index (χ0n) is 9.12. The summed E-state index contributed by atoms with van der Waals surface area (Å²) in [4.78, 5) is 10.7. The molecule has 1 atom stereocenters. The number of nitrogens with zero attached hydrogens (tertiary/aromatic N) is 3. The fourth-order valence-corrected chi connectivity index (χ4v) is 1.04. The van der Waals surface area contributed by atoms with Gasteiger partial charge in [-0.25, -0.2) is 4.79 Å². The van der Waals surface area contributed by atoms with Gasteiger partial charge in [0.1, 0.15) is 0 Å². The third kappa shape index (κ3) is 2.73. The van der Waals surface area contributed by atoms with Crippen LogP contribution in [0.4, 0.5) is 13.2 Å². The molecule has 1 rings (SSSR count). The molecule has 0 amide bonds. The highest BCUT2D eigenvalue weighted by molar-refractivity contribution is 5.79. The first-order chi connectivity index (χ1) is 7.67. The Kier molecular flexibility index (Phi) is 3.41. The van der Waals surface area contributed by atoms with Gasteiger partial charge in [0.25, 0.3) is 0 Å². The Bertz CT molecular complexity index is 417. The Hall–Kier alpha value is -1.64. The standard InChI is InChI=1S/C8H11F3N4O2/c1-7(6(16)17,8(9,10)11)12-3-5-4-15(2)14-13-5/h4,12H,3H2,1-2H3,(H,16,17). The van der Waals surface area contributed by atoms with Crippen molar-refractivity contribution in [3.05, 3.63) is 11.9 Å². The molecule has 1 aromatic heterocycles. The molecule has 0 aliphatic rings. The fraction of sp³-hybridized carbons (Fsp3) is 0.625. The minimum absolute atomic E-state index is 0.226. The van der Waals surface area contributed by atoms with E-state index in [4.69, 9.17) is 5.11 Å². The smallest absolute Gasteiger partial charge is 0.417 e. The van der Waals surface area contributed by atoms with Gasteiger partial charge in [-0.2, -0.15) is 13.2 Å². The van der Waals surface area contributed by atoms with Crippen LogP contribution in [0.25, 0.3) is 0 Å². The molecule has 0 saturated carbocycles. The van der Waals surface area contributed by atoms with E-state index in [1.54, 1.807) is 7.05 Å². The maximum Gasteiger partial charge on any atom is 0.417 e. The van der Waals surface area contributed by atoms with Crippen molar-refractivity contribution in [2.45, 2.75) is 25.2 Å². The van der Waals surface area contributed by atoms with Crippen molar-refractivity contribution < 1.29 is 23.1 Å². The van der Waals surface area contributed by atoms with E-state index in [0.717, 1.165) is 0 Å².